The lowest BCUT2D eigenvalue weighted by Gasteiger charge is -2.32. The molecule has 116 valence electrons. The van der Waals surface area contributed by atoms with Gasteiger partial charge in [0.25, 0.3) is 0 Å². The SMILES string of the molecule is CC(C)C(O)CCNC(=O)NC1CCN2CCCCC12. The topological polar surface area (TPSA) is 64.6 Å². The fourth-order valence-corrected chi connectivity index (χ4v) is 3.30. The molecule has 0 aromatic carbocycles. The van der Waals surface area contributed by atoms with E-state index in [0.29, 0.717) is 25.0 Å². The molecule has 0 saturated carbocycles. The molecular formula is C15H29N3O2. The Kier molecular flexibility index (Phi) is 5.66. The first-order chi connectivity index (χ1) is 9.58. The van der Waals surface area contributed by atoms with Crippen molar-refractivity contribution in [3.05, 3.63) is 0 Å². The van der Waals surface area contributed by atoms with Crippen LogP contribution in [-0.4, -0.2) is 53.9 Å². The Labute approximate surface area is 122 Å². The number of amides is 2. The van der Waals surface area contributed by atoms with Crippen LogP contribution in [0.5, 0.6) is 0 Å². The molecular weight excluding hydrogens is 254 g/mol. The lowest BCUT2D eigenvalue weighted by atomic mass is 9.99. The first kappa shape index (κ1) is 15.6. The number of fused-ring (bicyclic) bond motifs is 1. The Morgan fingerprint density at radius 1 is 1.30 bits per heavy atom. The van der Waals surface area contributed by atoms with Crippen molar-refractivity contribution in [1.29, 1.82) is 0 Å². The van der Waals surface area contributed by atoms with Crippen LogP contribution in [0.3, 0.4) is 0 Å². The largest absolute Gasteiger partial charge is 0.393 e. The Bertz CT molecular complexity index is 322. The fraction of sp³-hybridized carbons (Fsp3) is 0.933. The van der Waals surface area contributed by atoms with E-state index in [9.17, 15) is 9.90 Å². The molecule has 2 aliphatic heterocycles. The molecule has 2 amide bonds. The van der Waals surface area contributed by atoms with Gasteiger partial charge in [-0.15, -0.1) is 0 Å². The number of aliphatic hydroxyl groups excluding tert-OH is 1. The highest BCUT2D eigenvalue weighted by Gasteiger charge is 2.36. The molecule has 0 aliphatic carbocycles. The highest BCUT2D eigenvalue weighted by Crippen LogP contribution is 2.26. The lowest BCUT2D eigenvalue weighted by Crippen LogP contribution is -2.50. The van der Waals surface area contributed by atoms with Gasteiger partial charge in [0.2, 0.25) is 0 Å². The smallest absolute Gasteiger partial charge is 0.315 e. The number of carbonyl (C=O) groups excluding carboxylic acids is 1. The van der Waals surface area contributed by atoms with E-state index in [2.05, 4.69) is 15.5 Å². The minimum absolute atomic E-state index is 0.0848. The molecule has 2 aliphatic rings. The molecule has 2 fully saturated rings. The molecule has 2 saturated heterocycles. The molecule has 2 heterocycles. The molecule has 5 heteroatoms. The van der Waals surface area contributed by atoms with Gasteiger partial charge >= 0.3 is 6.03 Å². The van der Waals surface area contributed by atoms with E-state index in [1.54, 1.807) is 0 Å². The van der Waals surface area contributed by atoms with Gasteiger partial charge in [-0.3, -0.25) is 4.90 Å². The van der Waals surface area contributed by atoms with Crippen LogP contribution in [0.25, 0.3) is 0 Å². The van der Waals surface area contributed by atoms with Gasteiger partial charge in [-0.2, -0.15) is 0 Å². The first-order valence-corrected chi connectivity index (χ1v) is 8.04. The Hall–Kier alpha value is -0.810. The van der Waals surface area contributed by atoms with Gasteiger partial charge in [0.15, 0.2) is 0 Å². The number of piperidine rings is 1. The highest BCUT2D eigenvalue weighted by molar-refractivity contribution is 5.74. The molecule has 2 rings (SSSR count). The van der Waals surface area contributed by atoms with Crippen LogP contribution in [0.1, 0.15) is 46.0 Å². The molecule has 0 aromatic heterocycles. The zero-order valence-corrected chi connectivity index (χ0v) is 12.8. The number of aliphatic hydroxyl groups is 1. The quantitative estimate of drug-likeness (QED) is 0.713. The fourth-order valence-electron chi connectivity index (χ4n) is 3.30. The Morgan fingerprint density at radius 2 is 2.10 bits per heavy atom. The second kappa shape index (κ2) is 7.27. The van der Waals surface area contributed by atoms with E-state index in [-0.39, 0.29) is 18.1 Å². The van der Waals surface area contributed by atoms with E-state index in [1.165, 1.54) is 25.8 Å². The first-order valence-electron chi connectivity index (χ1n) is 8.04. The summed E-state index contributed by atoms with van der Waals surface area (Å²) in [5.74, 6) is 0.241. The average Bonchev–Trinajstić information content (AvgIpc) is 2.82. The summed E-state index contributed by atoms with van der Waals surface area (Å²) in [6.45, 7) is 6.81. The number of carbonyl (C=O) groups is 1. The third-order valence-electron chi connectivity index (χ3n) is 4.67. The van der Waals surface area contributed by atoms with Crippen molar-refractivity contribution in [3.63, 3.8) is 0 Å². The lowest BCUT2D eigenvalue weighted by molar-refractivity contribution is 0.116. The normalized spacial score (nSPS) is 28.2. The molecule has 3 N–H and O–H groups in total. The average molecular weight is 283 g/mol. The van der Waals surface area contributed by atoms with Crippen LogP contribution >= 0.6 is 0 Å². The monoisotopic (exact) mass is 283 g/mol. The van der Waals surface area contributed by atoms with Crippen molar-refractivity contribution in [2.45, 2.75) is 64.1 Å². The number of hydrogen-bond acceptors (Lipinski definition) is 3. The minimum Gasteiger partial charge on any atom is -0.393 e. The van der Waals surface area contributed by atoms with Crippen LogP contribution in [-0.2, 0) is 0 Å². The van der Waals surface area contributed by atoms with Crippen LogP contribution in [0.2, 0.25) is 0 Å². The summed E-state index contributed by atoms with van der Waals surface area (Å²) in [4.78, 5) is 14.4. The van der Waals surface area contributed by atoms with Gasteiger partial charge in [-0.25, -0.2) is 4.79 Å². The van der Waals surface area contributed by atoms with Crippen LogP contribution in [0.15, 0.2) is 0 Å². The number of rotatable bonds is 5. The summed E-state index contributed by atoms with van der Waals surface area (Å²) in [5, 5.41) is 15.7. The molecule has 20 heavy (non-hydrogen) atoms. The second-order valence-electron chi connectivity index (χ2n) is 6.49. The Balaban J connectivity index is 1.67. The molecule has 3 atom stereocenters. The second-order valence-corrected chi connectivity index (χ2v) is 6.49. The zero-order valence-electron chi connectivity index (χ0n) is 12.8. The molecule has 3 unspecified atom stereocenters. The van der Waals surface area contributed by atoms with Gasteiger partial charge in [-0.1, -0.05) is 20.3 Å². The number of urea groups is 1. The molecule has 0 radical (unpaired) electrons. The van der Waals surface area contributed by atoms with Gasteiger partial charge in [0.1, 0.15) is 0 Å². The third-order valence-corrected chi connectivity index (χ3v) is 4.67. The predicted molar refractivity (Wildman–Crippen MR) is 79.6 cm³/mol. The minimum atomic E-state index is -0.337. The number of nitrogens with zero attached hydrogens (tertiary/aromatic N) is 1. The van der Waals surface area contributed by atoms with Crippen LogP contribution < -0.4 is 10.6 Å². The number of nitrogens with one attached hydrogen (secondary N) is 2. The van der Waals surface area contributed by atoms with Crippen molar-refractivity contribution < 1.29 is 9.90 Å². The summed E-state index contributed by atoms with van der Waals surface area (Å²) in [6.07, 6.45) is 5.12. The maximum atomic E-state index is 11.9. The van der Waals surface area contributed by atoms with Gasteiger partial charge in [0.05, 0.1) is 6.10 Å². The van der Waals surface area contributed by atoms with E-state index in [0.717, 1.165) is 13.0 Å². The molecule has 0 bridgehead atoms. The third kappa shape index (κ3) is 4.09. The molecule has 0 spiro atoms. The standard InChI is InChI=1S/C15H29N3O2/c1-11(2)14(19)6-8-16-15(20)17-12-7-10-18-9-4-3-5-13(12)18/h11-14,19H,3-10H2,1-2H3,(H2,16,17,20). The summed E-state index contributed by atoms with van der Waals surface area (Å²) >= 11 is 0. The van der Waals surface area contributed by atoms with E-state index >= 15 is 0 Å². The van der Waals surface area contributed by atoms with Gasteiger partial charge < -0.3 is 15.7 Å². The van der Waals surface area contributed by atoms with E-state index in [1.807, 2.05) is 13.8 Å². The van der Waals surface area contributed by atoms with E-state index < -0.39 is 0 Å². The van der Waals surface area contributed by atoms with Crippen LogP contribution in [0, 0.1) is 5.92 Å². The maximum absolute atomic E-state index is 11.9. The highest BCUT2D eigenvalue weighted by atomic mass is 16.3. The van der Waals surface area contributed by atoms with E-state index in [4.69, 9.17) is 0 Å². The van der Waals surface area contributed by atoms with Gasteiger partial charge in [-0.05, 0) is 38.1 Å². The van der Waals surface area contributed by atoms with Crippen molar-refractivity contribution in [2.24, 2.45) is 5.92 Å². The summed E-state index contributed by atoms with van der Waals surface area (Å²) < 4.78 is 0. The van der Waals surface area contributed by atoms with Crippen LogP contribution in [0.4, 0.5) is 4.79 Å². The molecule has 0 aromatic rings. The Morgan fingerprint density at radius 3 is 2.85 bits per heavy atom. The summed E-state index contributed by atoms with van der Waals surface area (Å²) in [5.41, 5.74) is 0. The molecule has 5 nitrogen and oxygen atoms in total. The number of hydrogen-bond donors (Lipinski definition) is 3. The van der Waals surface area contributed by atoms with Gasteiger partial charge in [0, 0.05) is 25.2 Å². The van der Waals surface area contributed by atoms with Crippen molar-refractivity contribution in [3.8, 4) is 0 Å². The summed E-state index contributed by atoms with van der Waals surface area (Å²) in [7, 11) is 0. The summed E-state index contributed by atoms with van der Waals surface area (Å²) in [6, 6.07) is 0.749. The maximum Gasteiger partial charge on any atom is 0.315 e. The predicted octanol–water partition coefficient (Wildman–Crippen LogP) is 1.32. The van der Waals surface area contributed by atoms with Crippen molar-refractivity contribution in [2.75, 3.05) is 19.6 Å². The zero-order chi connectivity index (χ0) is 14.5. The van der Waals surface area contributed by atoms with Crippen molar-refractivity contribution in [1.82, 2.24) is 15.5 Å². The van der Waals surface area contributed by atoms with Crippen molar-refractivity contribution >= 4 is 6.03 Å².